The van der Waals surface area contributed by atoms with Crippen molar-refractivity contribution in [2.45, 2.75) is 0 Å². The fourth-order valence-corrected chi connectivity index (χ4v) is 2.80. The van der Waals surface area contributed by atoms with Gasteiger partial charge >= 0.3 is 0 Å². The van der Waals surface area contributed by atoms with Crippen LogP contribution in [-0.4, -0.2) is 20.7 Å². The van der Waals surface area contributed by atoms with Crippen LogP contribution >= 0.6 is 11.6 Å². The number of nitrogens with zero attached hydrogens (tertiary/aromatic N) is 3. The van der Waals surface area contributed by atoms with E-state index in [1.807, 2.05) is 0 Å². The molecular formula is C21H13ClF2N4O. The molecule has 0 unspecified atom stereocenters. The number of hydrogen-bond acceptors (Lipinski definition) is 3. The summed E-state index contributed by atoms with van der Waals surface area (Å²) in [6.45, 7) is 0. The molecule has 5 nitrogen and oxygen atoms in total. The van der Waals surface area contributed by atoms with Crippen LogP contribution in [0.3, 0.4) is 0 Å². The number of hydrogen-bond donors (Lipinski definition) is 1. The van der Waals surface area contributed by atoms with Crippen molar-refractivity contribution >= 4 is 23.2 Å². The minimum Gasteiger partial charge on any atom is -0.319 e. The van der Waals surface area contributed by atoms with E-state index in [1.165, 1.54) is 53.2 Å². The SMILES string of the molecule is O=C(Nc1ccc(Cl)cc1)c1nc(-c2ccc(F)cc2)n(-c2ccc(F)cc2)n1. The number of halogens is 3. The predicted molar refractivity (Wildman–Crippen MR) is 106 cm³/mol. The molecule has 4 rings (SSSR count). The number of aromatic nitrogens is 3. The van der Waals surface area contributed by atoms with E-state index >= 15 is 0 Å². The summed E-state index contributed by atoms with van der Waals surface area (Å²) in [5, 5.41) is 7.51. The van der Waals surface area contributed by atoms with Gasteiger partial charge in [-0.25, -0.2) is 18.4 Å². The number of amides is 1. The molecule has 0 spiro atoms. The maximum absolute atomic E-state index is 13.3. The van der Waals surface area contributed by atoms with Crippen LogP contribution in [0.5, 0.6) is 0 Å². The lowest BCUT2D eigenvalue weighted by Gasteiger charge is -2.05. The maximum atomic E-state index is 13.3. The van der Waals surface area contributed by atoms with Crippen LogP contribution in [0.25, 0.3) is 17.1 Å². The Hall–Kier alpha value is -3.58. The minimum absolute atomic E-state index is 0.0939. The molecule has 0 aliphatic heterocycles. The summed E-state index contributed by atoms with van der Waals surface area (Å²) in [4.78, 5) is 17.0. The van der Waals surface area contributed by atoms with E-state index in [0.717, 1.165) is 0 Å². The van der Waals surface area contributed by atoms with Crippen LogP contribution in [0.1, 0.15) is 10.6 Å². The Kier molecular flexibility index (Phi) is 5.05. The van der Waals surface area contributed by atoms with Crippen LogP contribution in [0.15, 0.2) is 72.8 Å². The Balaban J connectivity index is 1.74. The third-order valence-corrected chi connectivity index (χ3v) is 4.34. The van der Waals surface area contributed by atoms with Crippen molar-refractivity contribution in [2.75, 3.05) is 5.32 Å². The fourth-order valence-electron chi connectivity index (χ4n) is 2.68. The Morgan fingerprint density at radius 1 is 0.862 bits per heavy atom. The molecule has 0 atom stereocenters. The molecular weight excluding hydrogens is 398 g/mol. The zero-order chi connectivity index (χ0) is 20.4. The van der Waals surface area contributed by atoms with Gasteiger partial charge in [-0.05, 0) is 72.8 Å². The summed E-state index contributed by atoms with van der Waals surface area (Å²) in [5.74, 6) is -1.11. The van der Waals surface area contributed by atoms with Gasteiger partial charge in [0, 0.05) is 16.3 Å². The topological polar surface area (TPSA) is 59.8 Å². The zero-order valence-electron chi connectivity index (χ0n) is 14.8. The summed E-state index contributed by atoms with van der Waals surface area (Å²) < 4.78 is 28.0. The Morgan fingerprint density at radius 2 is 1.45 bits per heavy atom. The first-order valence-corrected chi connectivity index (χ1v) is 8.93. The number of carbonyl (C=O) groups is 1. The zero-order valence-corrected chi connectivity index (χ0v) is 15.6. The third kappa shape index (κ3) is 4.14. The normalized spacial score (nSPS) is 10.7. The lowest BCUT2D eigenvalue weighted by molar-refractivity contribution is 0.101. The van der Waals surface area contributed by atoms with Gasteiger partial charge in [0.25, 0.3) is 5.91 Å². The summed E-state index contributed by atoms with van der Waals surface area (Å²) in [5.41, 5.74) is 1.58. The summed E-state index contributed by atoms with van der Waals surface area (Å²) in [6, 6.07) is 17.8. The molecule has 1 amide bonds. The monoisotopic (exact) mass is 410 g/mol. The van der Waals surface area contributed by atoms with Gasteiger partial charge in [0.15, 0.2) is 5.82 Å². The molecule has 8 heteroatoms. The van der Waals surface area contributed by atoms with Gasteiger partial charge in [0.1, 0.15) is 11.6 Å². The number of benzene rings is 3. The molecule has 0 radical (unpaired) electrons. The average molecular weight is 411 g/mol. The van der Waals surface area contributed by atoms with E-state index in [9.17, 15) is 13.6 Å². The highest BCUT2D eigenvalue weighted by Crippen LogP contribution is 2.22. The first-order chi connectivity index (χ1) is 14.0. The molecule has 0 saturated carbocycles. The highest BCUT2D eigenvalue weighted by molar-refractivity contribution is 6.30. The molecule has 1 aromatic heterocycles. The first-order valence-electron chi connectivity index (χ1n) is 8.55. The summed E-state index contributed by atoms with van der Waals surface area (Å²) in [7, 11) is 0. The second-order valence-electron chi connectivity index (χ2n) is 6.12. The van der Waals surface area contributed by atoms with Crippen molar-refractivity contribution in [3.63, 3.8) is 0 Å². The van der Waals surface area contributed by atoms with Crippen molar-refractivity contribution < 1.29 is 13.6 Å². The van der Waals surface area contributed by atoms with Crippen LogP contribution in [0.2, 0.25) is 5.02 Å². The lowest BCUT2D eigenvalue weighted by Crippen LogP contribution is -2.14. The van der Waals surface area contributed by atoms with E-state index in [-0.39, 0.29) is 5.82 Å². The van der Waals surface area contributed by atoms with Gasteiger partial charge in [0.2, 0.25) is 5.82 Å². The second kappa shape index (κ2) is 7.81. The molecule has 29 heavy (non-hydrogen) atoms. The van der Waals surface area contributed by atoms with Gasteiger partial charge in [-0.3, -0.25) is 4.79 Å². The van der Waals surface area contributed by atoms with Gasteiger partial charge < -0.3 is 5.32 Å². The van der Waals surface area contributed by atoms with Crippen LogP contribution in [-0.2, 0) is 0 Å². The standard InChI is InChI=1S/C21H13ClF2N4O/c22-14-3-9-17(10-4-14)25-21(29)19-26-20(13-1-5-15(23)6-2-13)28(27-19)18-11-7-16(24)8-12-18/h1-12H,(H,25,29). The lowest BCUT2D eigenvalue weighted by atomic mass is 10.2. The van der Waals surface area contributed by atoms with Crippen LogP contribution in [0, 0.1) is 11.6 Å². The van der Waals surface area contributed by atoms with E-state index in [2.05, 4.69) is 15.4 Å². The van der Waals surface area contributed by atoms with Crippen molar-refractivity contribution in [3.8, 4) is 17.1 Å². The van der Waals surface area contributed by atoms with E-state index < -0.39 is 17.5 Å². The molecule has 0 aliphatic rings. The molecule has 0 fully saturated rings. The molecule has 3 aromatic carbocycles. The molecule has 144 valence electrons. The summed E-state index contributed by atoms with van der Waals surface area (Å²) >= 11 is 5.85. The Bertz CT molecular complexity index is 1090. The van der Waals surface area contributed by atoms with Crippen molar-refractivity contribution in [3.05, 3.63) is 95.3 Å². The van der Waals surface area contributed by atoms with Crippen molar-refractivity contribution in [1.29, 1.82) is 0 Å². The molecule has 4 aromatic rings. The largest absolute Gasteiger partial charge is 0.319 e. The quantitative estimate of drug-likeness (QED) is 0.508. The average Bonchev–Trinajstić information content (AvgIpc) is 3.16. The Morgan fingerprint density at radius 3 is 2.07 bits per heavy atom. The van der Waals surface area contributed by atoms with Gasteiger partial charge in [-0.1, -0.05) is 11.6 Å². The van der Waals surface area contributed by atoms with Crippen molar-refractivity contribution in [2.24, 2.45) is 0 Å². The first kappa shape index (κ1) is 18.8. The smallest absolute Gasteiger partial charge is 0.295 e. The molecule has 0 saturated heterocycles. The molecule has 1 N–H and O–H groups in total. The minimum atomic E-state index is -0.531. The molecule has 0 aliphatic carbocycles. The van der Waals surface area contributed by atoms with E-state index in [4.69, 9.17) is 11.6 Å². The predicted octanol–water partition coefficient (Wildman–Crippen LogP) is 5.12. The van der Waals surface area contributed by atoms with E-state index in [0.29, 0.717) is 27.8 Å². The number of rotatable bonds is 4. The van der Waals surface area contributed by atoms with Crippen LogP contribution < -0.4 is 5.32 Å². The highest BCUT2D eigenvalue weighted by atomic mass is 35.5. The fraction of sp³-hybridized carbons (Fsp3) is 0. The Labute approximate surface area is 169 Å². The van der Waals surface area contributed by atoms with Gasteiger partial charge in [0.05, 0.1) is 5.69 Å². The van der Waals surface area contributed by atoms with Gasteiger partial charge in [-0.15, -0.1) is 5.10 Å². The maximum Gasteiger partial charge on any atom is 0.295 e. The second-order valence-corrected chi connectivity index (χ2v) is 6.55. The molecule has 0 bridgehead atoms. The number of carbonyl (C=O) groups excluding carboxylic acids is 1. The number of nitrogens with one attached hydrogen (secondary N) is 1. The van der Waals surface area contributed by atoms with E-state index in [1.54, 1.807) is 24.3 Å². The highest BCUT2D eigenvalue weighted by Gasteiger charge is 2.19. The number of anilines is 1. The third-order valence-electron chi connectivity index (χ3n) is 4.09. The molecule has 1 heterocycles. The van der Waals surface area contributed by atoms with Crippen LogP contribution in [0.4, 0.5) is 14.5 Å². The summed E-state index contributed by atoms with van der Waals surface area (Å²) in [6.07, 6.45) is 0. The van der Waals surface area contributed by atoms with Crippen molar-refractivity contribution in [1.82, 2.24) is 14.8 Å². The van der Waals surface area contributed by atoms with Gasteiger partial charge in [-0.2, -0.15) is 0 Å².